The van der Waals surface area contributed by atoms with Gasteiger partial charge in [0.1, 0.15) is 11.4 Å². The van der Waals surface area contributed by atoms with E-state index in [-0.39, 0.29) is 24.9 Å². The van der Waals surface area contributed by atoms with Crippen LogP contribution in [0.2, 0.25) is 5.02 Å². The van der Waals surface area contributed by atoms with Gasteiger partial charge in [0.05, 0.1) is 13.2 Å². The Bertz CT molecular complexity index is 1460. The van der Waals surface area contributed by atoms with E-state index < -0.39 is 5.60 Å². The molecule has 4 aromatic rings. The Kier molecular flexibility index (Phi) is 8.80. The van der Waals surface area contributed by atoms with Crippen molar-refractivity contribution in [2.24, 2.45) is 0 Å². The fourth-order valence-electron chi connectivity index (χ4n) is 4.20. The Morgan fingerprint density at radius 1 is 1.05 bits per heavy atom. The van der Waals surface area contributed by atoms with E-state index >= 15 is 0 Å². The third-order valence-corrected chi connectivity index (χ3v) is 6.08. The number of carbonyl (C=O) groups excluding carboxylic acids is 1. The van der Waals surface area contributed by atoms with Crippen LogP contribution in [0.25, 0.3) is 34.0 Å². The summed E-state index contributed by atoms with van der Waals surface area (Å²) in [5, 5.41) is 4.62. The van der Waals surface area contributed by atoms with Crippen molar-refractivity contribution in [3.8, 4) is 34.0 Å². The highest BCUT2D eigenvalue weighted by atomic mass is 35.5. The van der Waals surface area contributed by atoms with E-state index in [2.05, 4.69) is 10.1 Å². The Balaban J connectivity index is 1.54. The van der Waals surface area contributed by atoms with Gasteiger partial charge in [0.25, 0.3) is 5.89 Å². The molecule has 204 valence electrons. The summed E-state index contributed by atoms with van der Waals surface area (Å²) >= 11 is 6.35. The van der Waals surface area contributed by atoms with E-state index in [1.165, 1.54) is 18.2 Å². The van der Waals surface area contributed by atoms with Gasteiger partial charge in [-0.3, -0.25) is 9.69 Å². The van der Waals surface area contributed by atoms with Gasteiger partial charge in [-0.25, -0.2) is 4.39 Å². The molecule has 7 nitrogen and oxygen atoms in total. The van der Waals surface area contributed by atoms with Crippen LogP contribution in [0, 0.1) is 5.82 Å². The first-order valence-corrected chi connectivity index (χ1v) is 12.8. The summed E-state index contributed by atoms with van der Waals surface area (Å²) in [5.74, 6) is 0.128. The summed E-state index contributed by atoms with van der Waals surface area (Å²) in [7, 11) is 3.45. The number of likely N-dealkylation sites (N-methyl/N-ethyl adjacent to an activating group) is 1. The average molecular weight is 552 g/mol. The van der Waals surface area contributed by atoms with Crippen LogP contribution < -0.4 is 0 Å². The van der Waals surface area contributed by atoms with Gasteiger partial charge in [-0.1, -0.05) is 41.0 Å². The number of nitrogens with zero attached hydrogens (tertiary/aromatic N) is 3. The molecular formula is C30H31ClFN3O4. The van der Waals surface area contributed by atoms with Crippen molar-refractivity contribution < 1.29 is 23.2 Å². The molecule has 0 unspecified atom stereocenters. The molecule has 0 aliphatic rings. The Morgan fingerprint density at radius 2 is 1.85 bits per heavy atom. The fraction of sp³-hybridized carbons (Fsp3) is 0.300. The standard InChI is InChI=1S/C30H31ClFN3O4/c1-30(2,3)38-27(36)17-35(4)16-19-7-6-8-20(13-19)28-33-29(39-34-28)21-9-11-24(22(14-21)18-37-5)25-15-23(32)10-12-26(25)31/h6-15H,16-18H2,1-5H3. The van der Waals surface area contributed by atoms with Crippen LogP contribution in [-0.4, -0.2) is 47.3 Å². The number of hydrogen-bond donors (Lipinski definition) is 0. The third-order valence-electron chi connectivity index (χ3n) is 5.75. The second-order valence-electron chi connectivity index (χ2n) is 10.3. The van der Waals surface area contributed by atoms with Gasteiger partial charge in [0.2, 0.25) is 5.82 Å². The Labute approximate surface area is 232 Å². The largest absolute Gasteiger partial charge is 0.459 e. The molecule has 3 aromatic carbocycles. The monoisotopic (exact) mass is 551 g/mol. The van der Waals surface area contributed by atoms with Crippen molar-refractivity contribution in [2.75, 3.05) is 20.7 Å². The molecule has 0 radical (unpaired) electrons. The number of halogens is 2. The van der Waals surface area contributed by atoms with Gasteiger partial charge >= 0.3 is 5.97 Å². The number of methoxy groups -OCH3 is 1. The molecule has 0 aliphatic heterocycles. The summed E-state index contributed by atoms with van der Waals surface area (Å²) in [5.41, 5.74) is 4.09. The van der Waals surface area contributed by atoms with Gasteiger partial charge in [-0.05, 0) is 80.9 Å². The van der Waals surface area contributed by atoms with Crippen molar-refractivity contribution in [3.63, 3.8) is 0 Å². The van der Waals surface area contributed by atoms with Crippen LogP contribution in [0.1, 0.15) is 31.9 Å². The average Bonchev–Trinajstić information content (AvgIpc) is 3.35. The fourth-order valence-corrected chi connectivity index (χ4v) is 4.42. The van der Waals surface area contributed by atoms with Crippen LogP contribution >= 0.6 is 11.6 Å². The molecule has 0 atom stereocenters. The minimum absolute atomic E-state index is 0.175. The van der Waals surface area contributed by atoms with E-state index in [1.807, 2.05) is 75.2 Å². The molecular weight excluding hydrogens is 521 g/mol. The number of esters is 1. The second kappa shape index (κ2) is 12.1. The lowest BCUT2D eigenvalue weighted by Gasteiger charge is -2.22. The van der Waals surface area contributed by atoms with Crippen LogP contribution in [0.4, 0.5) is 4.39 Å². The summed E-state index contributed by atoms with van der Waals surface area (Å²) in [6, 6.07) is 17.6. The Morgan fingerprint density at radius 3 is 2.59 bits per heavy atom. The zero-order valence-corrected chi connectivity index (χ0v) is 23.4. The SMILES string of the molecule is COCc1cc(-c2nc(-c3cccc(CN(C)CC(=O)OC(C)(C)C)c3)no2)ccc1-c1cc(F)ccc1Cl. The minimum atomic E-state index is -0.522. The molecule has 0 saturated heterocycles. The van der Waals surface area contributed by atoms with Crippen LogP contribution in [0.5, 0.6) is 0 Å². The van der Waals surface area contributed by atoms with E-state index in [4.69, 9.17) is 25.6 Å². The molecule has 0 N–H and O–H groups in total. The molecule has 4 rings (SSSR count). The topological polar surface area (TPSA) is 77.7 Å². The number of ether oxygens (including phenoxy) is 2. The maximum Gasteiger partial charge on any atom is 0.320 e. The number of rotatable bonds is 9. The zero-order chi connectivity index (χ0) is 28.2. The van der Waals surface area contributed by atoms with Crippen molar-refractivity contribution in [1.82, 2.24) is 15.0 Å². The van der Waals surface area contributed by atoms with Crippen molar-refractivity contribution in [1.29, 1.82) is 0 Å². The maximum absolute atomic E-state index is 13.9. The molecule has 1 heterocycles. The second-order valence-corrected chi connectivity index (χ2v) is 10.7. The van der Waals surface area contributed by atoms with Gasteiger partial charge in [0.15, 0.2) is 0 Å². The van der Waals surface area contributed by atoms with E-state index in [9.17, 15) is 9.18 Å². The van der Waals surface area contributed by atoms with E-state index in [0.717, 1.165) is 22.3 Å². The van der Waals surface area contributed by atoms with E-state index in [0.29, 0.717) is 34.4 Å². The molecule has 0 saturated carbocycles. The highest BCUT2D eigenvalue weighted by Crippen LogP contribution is 2.34. The van der Waals surface area contributed by atoms with E-state index in [1.54, 1.807) is 7.11 Å². The first kappa shape index (κ1) is 28.4. The first-order valence-electron chi connectivity index (χ1n) is 12.4. The lowest BCUT2D eigenvalue weighted by molar-refractivity contribution is -0.155. The predicted molar refractivity (Wildman–Crippen MR) is 148 cm³/mol. The van der Waals surface area contributed by atoms with Crippen LogP contribution in [0.15, 0.2) is 65.2 Å². The van der Waals surface area contributed by atoms with Gasteiger partial charge in [-0.15, -0.1) is 0 Å². The highest BCUT2D eigenvalue weighted by Gasteiger charge is 2.19. The predicted octanol–water partition coefficient (Wildman–Crippen LogP) is 6.78. The molecule has 39 heavy (non-hydrogen) atoms. The lowest BCUT2D eigenvalue weighted by atomic mass is 9.97. The highest BCUT2D eigenvalue weighted by molar-refractivity contribution is 6.33. The van der Waals surface area contributed by atoms with Crippen LogP contribution in [-0.2, 0) is 27.4 Å². The molecule has 1 aromatic heterocycles. The molecule has 0 bridgehead atoms. The molecule has 0 fully saturated rings. The van der Waals surface area contributed by atoms with Gasteiger partial charge < -0.3 is 14.0 Å². The summed E-state index contributed by atoms with van der Waals surface area (Å²) < 4.78 is 30.3. The number of benzene rings is 3. The Hall–Kier alpha value is -3.59. The van der Waals surface area contributed by atoms with Gasteiger partial charge in [0, 0.05) is 35.4 Å². The van der Waals surface area contributed by atoms with Gasteiger partial charge in [-0.2, -0.15) is 4.98 Å². The molecule has 0 aliphatic carbocycles. The maximum atomic E-state index is 13.9. The molecule has 0 amide bonds. The minimum Gasteiger partial charge on any atom is -0.459 e. The number of aromatic nitrogens is 2. The number of hydrogen-bond acceptors (Lipinski definition) is 7. The smallest absolute Gasteiger partial charge is 0.320 e. The van der Waals surface area contributed by atoms with Crippen molar-refractivity contribution in [2.45, 2.75) is 39.5 Å². The quantitative estimate of drug-likeness (QED) is 0.212. The summed E-state index contributed by atoms with van der Waals surface area (Å²) in [6.45, 7) is 6.55. The molecule has 9 heteroatoms. The normalized spacial score (nSPS) is 11.7. The van der Waals surface area contributed by atoms with Crippen molar-refractivity contribution >= 4 is 17.6 Å². The third kappa shape index (κ3) is 7.50. The summed E-state index contributed by atoms with van der Waals surface area (Å²) in [4.78, 5) is 18.6. The zero-order valence-electron chi connectivity index (χ0n) is 22.6. The van der Waals surface area contributed by atoms with Crippen LogP contribution in [0.3, 0.4) is 0 Å². The lowest BCUT2D eigenvalue weighted by Crippen LogP contribution is -2.32. The molecule has 0 spiro atoms. The van der Waals surface area contributed by atoms with Crippen molar-refractivity contribution in [3.05, 3.63) is 82.6 Å². The summed E-state index contributed by atoms with van der Waals surface area (Å²) in [6.07, 6.45) is 0. The number of carbonyl (C=O) groups is 1. The first-order chi connectivity index (χ1) is 18.5.